The minimum absolute atomic E-state index is 0. The van der Waals surface area contributed by atoms with Crippen molar-refractivity contribution in [3.63, 3.8) is 0 Å². The van der Waals surface area contributed by atoms with Gasteiger partial charge < -0.3 is 9.47 Å². The topological polar surface area (TPSA) is 21.7 Å². The van der Waals surface area contributed by atoms with Crippen molar-refractivity contribution in [1.82, 2.24) is 4.90 Å². The van der Waals surface area contributed by atoms with Crippen LogP contribution in [0.3, 0.4) is 0 Å². The Labute approximate surface area is 186 Å². The summed E-state index contributed by atoms with van der Waals surface area (Å²) in [7, 11) is 1.77. The second kappa shape index (κ2) is 10.7. The highest BCUT2D eigenvalue weighted by atomic mass is 35.5. The summed E-state index contributed by atoms with van der Waals surface area (Å²) in [6.45, 7) is 5.05. The van der Waals surface area contributed by atoms with Crippen LogP contribution >= 0.6 is 12.4 Å². The third-order valence-electron chi connectivity index (χ3n) is 6.05. The van der Waals surface area contributed by atoms with E-state index in [-0.39, 0.29) is 12.4 Å². The summed E-state index contributed by atoms with van der Waals surface area (Å²) in [5.41, 5.74) is 2.84. The zero-order valence-corrected chi connectivity index (χ0v) is 18.8. The largest absolute Gasteiger partial charge is 0.496 e. The van der Waals surface area contributed by atoms with Crippen molar-refractivity contribution >= 4 is 23.2 Å². The molecule has 1 unspecified atom stereocenters. The molecule has 3 nitrogen and oxygen atoms in total. The lowest BCUT2D eigenvalue weighted by Crippen LogP contribution is -2.42. The second-order valence-electron chi connectivity index (χ2n) is 7.86. The van der Waals surface area contributed by atoms with Crippen LogP contribution in [0.25, 0.3) is 10.8 Å². The van der Waals surface area contributed by atoms with Gasteiger partial charge in [0.05, 0.1) is 7.11 Å². The Morgan fingerprint density at radius 3 is 2.53 bits per heavy atom. The van der Waals surface area contributed by atoms with Crippen LogP contribution in [-0.2, 0) is 12.8 Å². The molecule has 1 aliphatic carbocycles. The summed E-state index contributed by atoms with van der Waals surface area (Å²) < 4.78 is 11.8. The maximum Gasteiger partial charge on any atom is 0.127 e. The molecule has 0 aromatic heterocycles. The average Bonchev–Trinajstić information content (AvgIpc) is 2.78. The molecule has 1 aliphatic rings. The van der Waals surface area contributed by atoms with E-state index in [0.717, 1.165) is 50.5 Å². The summed E-state index contributed by atoms with van der Waals surface area (Å²) in [4.78, 5) is 2.62. The standard InChI is InChI=1S/C26H31NO2.ClH/c1-3-16-27(22-14-15-24-21(19-22)10-7-12-25(24)28-2)17-18-29-26-13-6-9-20-8-4-5-11-23(20)26;/h4-13,22H,3,14-19H2,1-2H3;1H. The van der Waals surface area contributed by atoms with E-state index in [9.17, 15) is 0 Å². The van der Waals surface area contributed by atoms with Crippen molar-refractivity contribution in [2.24, 2.45) is 0 Å². The molecule has 0 aliphatic heterocycles. The third kappa shape index (κ3) is 4.91. The zero-order chi connectivity index (χ0) is 20.1. The number of fused-ring (bicyclic) bond motifs is 2. The lowest BCUT2D eigenvalue weighted by atomic mass is 9.86. The van der Waals surface area contributed by atoms with Gasteiger partial charge in [-0.1, -0.05) is 55.5 Å². The summed E-state index contributed by atoms with van der Waals surface area (Å²) in [6.07, 6.45) is 4.53. The quantitative estimate of drug-likeness (QED) is 0.447. The van der Waals surface area contributed by atoms with Gasteiger partial charge in [-0.2, -0.15) is 0 Å². The van der Waals surface area contributed by atoms with E-state index in [1.807, 2.05) is 0 Å². The van der Waals surface area contributed by atoms with E-state index in [1.165, 1.54) is 28.3 Å². The molecule has 3 aromatic carbocycles. The molecule has 3 aromatic rings. The van der Waals surface area contributed by atoms with Crippen molar-refractivity contribution in [3.8, 4) is 11.5 Å². The van der Waals surface area contributed by atoms with Gasteiger partial charge in [0.15, 0.2) is 0 Å². The van der Waals surface area contributed by atoms with E-state index >= 15 is 0 Å². The van der Waals surface area contributed by atoms with Crippen LogP contribution in [0.1, 0.15) is 30.9 Å². The zero-order valence-electron chi connectivity index (χ0n) is 18.0. The van der Waals surface area contributed by atoms with Gasteiger partial charge >= 0.3 is 0 Å². The van der Waals surface area contributed by atoms with Crippen molar-refractivity contribution < 1.29 is 9.47 Å². The van der Waals surface area contributed by atoms with E-state index in [0.29, 0.717) is 6.04 Å². The number of ether oxygens (including phenoxy) is 2. The van der Waals surface area contributed by atoms with E-state index in [2.05, 4.69) is 72.5 Å². The molecule has 0 radical (unpaired) electrons. The minimum atomic E-state index is 0. The molecule has 4 heteroatoms. The van der Waals surface area contributed by atoms with Crippen LogP contribution in [0.15, 0.2) is 60.7 Å². The summed E-state index contributed by atoms with van der Waals surface area (Å²) in [5.74, 6) is 2.03. The molecule has 30 heavy (non-hydrogen) atoms. The number of nitrogens with zero attached hydrogens (tertiary/aromatic N) is 1. The highest BCUT2D eigenvalue weighted by molar-refractivity contribution is 5.88. The van der Waals surface area contributed by atoms with Crippen molar-refractivity contribution in [2.75, 3.05) is 26.8 Å². The number of halogens is 1. The molecule has 0 heterocycles. The summed E-state index contributed by atoms with van der Waals surface area (Å²) in [6, 6.07) is 21.8. The number of rotatable bonds is 8. The summed E-state index contributed by atoms with van der Waals surface area (Å²) >= 11 is 0. The van der Waals surface area contributed by atoms with Crippen LogP contribution in [0.4, 0.5) is 0 Å². The third-order valence-corrected chi connectivity index (χ3v) is 6.05. The summed E-state index contributed by atoms with van der Waals surface area (Å²) in [5, 5.41) is 2.42. The molecule has 0 amide bonds. The van der Waals surface area contributed by atoms with Gasteiger partial charge in [0, 0.05) is 18.0 Å². The van der Waals surface area contributed by atoms with Gasteiger partial charge in [-0.15, -0.1) is 12.4 Å². The lowest BCUT2D eigenvalue weighted by molar-refractivity contribution is 0.147. The van der Waals surface area contributed by atoms with E-state index < -0.39 is 0 Å². The van der Waals surface area contributed by atoms with Crippen molar-refractivity contribution in [2.45, 2.75) is 38.6 Å². The highest BCUT2D eigenvalue weighted by Gasteiger charge is 2.25. The molecule has 0 fully saturated rings. The SMILES string of the molecule is CCCN(CCOc1cccc2ccccc12)C1CCc2c(cccc2OC)C1.Cl. The molecule has 0 saturated heterocycles. The van der Waals surface area contributed by atoms with E-state index in [4.69, 9.17) is 9.47 Å². The first-order chi connectivity index (χ1) is 14.3. The Kier molecular flexibility index (Phi) is 8.01. The Morgan fingerprint density at radius 1 is 0.933 bits per heavy atom. The molecule has 0 bridgehead atoms. The predicted octanol–water partition coefficient (Wildman–Crippen LogP) is 5.92. The van der Waals surface area contributed by atoms with Crippen LogP contribution in [0, 0.1) is 0 Å². The smallest absolute Gasteiger partial charge is 0.127 e. The number of hydrogen-bond acceptors (Lipinski definition) is 3. The Balaban J connectivity index is 0.00000256. The van der Waals surface area contributed by atoms with Gasteiger partial charge in [-0.3, -0.25) is 4.90 Å². The molecule has 0 N–H and O–H groups in total. The normalized spacial score (nSPS) is 15.5. The fraction of sp³-hybridized carbons (Fsp3) is 0.385. The number of methoxy groups -OCH3 is 1. The first-order valence-electron chi connectivity index (χ1n) is 10.8. The molecule has 4 rings (SSSR count). The first-order valence-corrected chi connectivity index (χ1v) is 10.8. The van der Waals surface area contributed by atoms with Gasteiger partial charge in [0.2, 0.25) is 0 Å². The predicted molar refractivity (Wildman–Crippen MR) is 127 cm³/mol. The monoisotopic (exact) mass is 425 g/mol. The van der Waals surface area contributed by atoms with Gasteiger partial charge in [-0.05, 0) is 60.9 Å². The van der Waals surface area contributed by atoms with Crippen LogP contribution in [0.2, 0.25) is 0 Å². The van der Waals surface area contributed by atoms with Crippen LogP contribution < -0.4 is 9.47 Å². The van der Waals surface area contributed by atoms with Gasteiger partial charge in [0.25, 0.3) is 0 Å². The molecule has 0 saturated carbocycles. The fourth-order valence-corrected chi connectivity index (χ4v) is 4.61. The fourth-order valence-electron chi connectivity index (χ4n) is 4.61. The molecule has 160 valence electrons. The van der Waals surface area contributed by atoms with Crippen LogP contribution in [-0.4, -0.2) is 37.7 Å². The molecular formula is C26H32ClNO2. The maximum absolute atomic E-state index is 6.23. The lowest BCUT2D eigenvalue weighted by Gasteiger charge is -2.35. The second-order valence-corrected chi connectivity index (χ2v) is 7.86. The Hall–Kier alpha value is -2.23. The Morgan fingerprint density at radius 2 is 1.70 bits per heavy atom. The van der Waals surface area contributed by atoms with Crippen molar-refractivity contribution in [1.29, 1.82) is 0 Å². The first kappa shape index (κ1) is 22.5. The molecule has 1 atom stereocenters. The minimum Gasteiger partial charge on any atom is -0.496 e. The van der Waals surface area contributed by atoms with Gasteiger partial charge in [-0.25, -0.2) is 0 Å². The average molecular weight is 426 g/mol. The molecular weight excluding hydrogens is 394 g/mol. The van der Waals surface area contributed by atoms with E-state index in [1.54, 1.807) is 7.11 Å². The van der Waals surface area contributed by atoms with Crippen molar-refractivity contribution in [3.05, 3.63) is 71.8 Å². The number of hydrogen-bond donors (Lipinski definition) is 0. The Bertz CT molecular complexity index is 953. The maximum atomic E-state index is 6.23. The molecule has 0 spiro atoms. The van der Waals surface area contributed by atoms with Gasteiger partial charge in [0.1, 0.15) is 18.1 Å². The highest BCUT2D eigenvalue weighted by Crippen LogP contribution is 2.31. The number of benzene rings is 3. The van der Waals surface area contributed by atoms with Crippen LogP contribution in [0.5, 0.6) is 11.5 Å².